The summed E-state index contributed by atoms with van der Waals surface area (Å²) in [7, 11) is 0. The monoisotopic (exact) mass is 350 g/mol. The van der Waals surface area contributed by atoms with Gasteiger partial charge in [0.25, 0.3) is 5.91 Å². The Labute approximate surface area is 153 Å². The van der Waals surface area contributed by atoms with Gasteiger partial charge in [-0.2, -0.15) is 0 Å². The van der Waals surface area contributed by atoms with Crippen LogP contribution in [0.2, 0.25) is 0 Å². The maximum Gasteiger partial charge on any atom is 0.267 e. The predicted octanol–water partition coefficient (Wildman–Crippen LogP) is 3.17. The van der Waals surface area contributed by atoms with Crippen LogP contribution in [-0.2, 0) is 16.0 Å². The number of anilines is 2. The van der Waals surface area contributed by atoms with E-state index in [1.54, 1.807) is 16.7 Å². The van der Waals surface area contributed by atoms with Gasteiger partial charge in [-0.15, -0.1) is 0 Å². The number of hydrogen-bond donors (Lipinski definition) is 0. The summed E-state index contributed by atoms with van der Waals surface area (Å²) in [5.41, 5.74) is 3.00. The Bertz CT molecular complexity index is 849. The lowest BCUT2D eigenvalue weighted by atomic mass is 10.2. The smallest absolute Gasteiger partial charge is 0.267 e. The van der Waals surface area contributed by atoms with Crippen molar-refractivity contribution in [1.82, 2.24) is 0 Å². The van der Waals surface area contributed by atoms with Crippen molar-refractivity contribution in [2.24, 2.45) is 0 Å². The zero-order chi connectivity index (χ0) is 18.1. The summed E-state index contributed by atoms with van der Waals surface area (Å²) in [5.74, 6) is 0.702. The summed E-state index contributed by atoms with van der Waals surface area (Å²) < 4.78 is 5.91. The fraction of sp³-hybridized carbons (Fsp3) is 0.333. The van der Waals surface area contributed by atoms with E-state index in [1.807, 2.05) is 42.5 Å². The number of carbonyl (C=O) groups is 2. The molecule has 0 radical (unpaired) electrons. The highest BCUT2D eigenvalue weighted by atomic mass is 16.5. The summed E-state index contributed by atoms with van der Waals surface area (Å²) in [6.07, 6.45) is 1.76. The van der Waals surface area contributed by atoms with E-state index in [0.717, 1.165) is 30.8 Å². The van der Waals surface area contributed by atoms with Gasteiger partial charge in [0, 0.05) is 37.0 Å². The quantitative estimate of drug-likeness (QED) is 0.851. The molecule has 1 saturated heterocycles. The molecule has 1 atom stereocenters. The number of nitrogens with zero attached hydrogens (tertiary/aromatic N) is 2. The fourth-order valence-electron chi connectivity index (χ4n) is 3.69. The van der Waals surface area contributed by atoms with Crippen LogP contribution in [0.15, 0.2) is 48.5 Å². The van der Waals surface area contributed by atoms with Crippen molar-refractivity contribution in [3.8, 4) is 5.75 Å². The molecule has 0 spiro atoms. The zero-order valence-corrected chi connectivity index (χ0v) is 14.9. The summed E-state index contributed by atoms with van der Waals surface area (Å²) >= 11 is 0. The molecule has 0 bridgehead atoms. The third-order valence-corrected chi connectivity index (χ3v) is 5.02. The third kappa shape index (κ3) is 3.05. The number of rotatable bonds is 4. The minimum Gasteiger partial charge on any atom is -0.481 e. The molecule has 2 aromatic carbocycles. The van der Waals surface area contributed by atoms with Crippen LogP contribution in [0.5, 0.6) is 5.75 Å². The lowest BCUT2D eigenvalue weighted by Crippen LogP contribution is -2.39. The highest BCUT2D eigenvalue weighted by molar-refractivity contribution is 5.98. The van der Waals surface area contributed by atoms with Crippen LogP contribution < -0.4 is 14.5 Å². The van der Waals surface area contributed by atoms with Crippen LogP contribution in [0.25, 0.3) is 0 Å². The first-order chi connectivity index (χ1) is 12.6. The van der Waals surface area contributed by atoms with E-state index in [-0.39, 0.29) is 11.8 Å². The summed E-state index contributed by atoms with van der Waals surface area (Å²) in [5, 5.41) is 0. The van der Waals surface area contributed by atoms with Gasteiger partial charge in [-0.05, 0) is 43.5 Å². The minimum absolute atomic E-state index is 0.0439. The first kappa shape index (κ1) is 16.6. The molecule has 0 unspecified atom stereocenters. The van der Waals surface area contributed by atoms with Gasteiger partial charge in [-0.25, -0.2) is 0 Å². The molecular formula is C21H22N2O3. The molecule has 26 heavy (non-hydrogen) atoms. The Morgan fingerprint density at radius 2 is 1.92 bits per heavy atom. The molecule has 134 valence electrons. The number of benzene rings is 2. The predicted molar refractivity (Wildman–Crippen MR) is 101 cm³/mol. The van der Waals surface area contributed by atoms with Crippen LogP contribution in [0.3, 0.4) is 0 Å². The van der Waals surface area contributed by atoms with Crippen LogP contribution in [0, 0.1) is 0 Å². The largest absolute Gasteiger partial charge is 0.481 e. The number of para-hydroxylation sites is 1. The number of carbonyl (C=O) groups excluding carboxylic acids is 2. The second kappa shape index (κ2) is 6.83. The Kier molecular flexibility index (Phi) is 4.37. The van der Waals surface area contributed by atoms with Crippen molar-refractivity contribution in [3.63, 3.8) is 0 Å². The molecule has 2 heterocycles. The van der Waals surface area contributed by atoms with E-state index in [0.29, 0.717) is 18.7 Å². The first-order valence-electron chi connectivity index (χ1n) is 9.10. The molecule has 0 aromatic heterocycles. The normalized spacial score (nSPS) is 17.3. The lowest BCUT2D eigenvalue weighted by molar-refractivity contribution is -0.124. The molecule has 4 rings (SSSR count). The average Bonchev–Trinajstić information content (AvgIpc) is 3.27. The van der Waals surface area contributed by atoms with Crippen molar-refractivity contribution < 1.29 is 14.3 Å². The van der Waals surface area contributed by atoms with Gasteiger partial charge in [0.15, 0.2) is 6.10 Å². The van der Waals surface area contributed by atoms with Gasteiger partial charge >= 0.3 is 0 Å². The van der Waals surface area contributed by atoms with E-state index in [9.17, 15) is 9.59 Å². The Morgan fingerprint density at radius 1 is 1.08 bits per heavy atom. The van der Waals surface area contributed by atoms with Gasteiger partial charge in [0.1, 0.15) is 5.75 Å². The zero-order valence-electron chi connectivity index (χ0n) is 14.9. The molecule has 0 N–H and O–H groups in total. The number of hydrogen-bond acceptors (Lipinski definition) is 3. The van der Waals surface area contributed by atoms with Crippen molar-refractivity contribution in [2.45, 2.75) is 32.3 Å². The molecule has 0 aliphatic carbocycles. The maximum atomic E-state index is 12.8. The van der Waals surface area contributed by atoms with Crippen LogP contribution in [0.4, 0.5) is 11.4 Å². The van der Waals surface area contributed by atoms with Crippen molar-refractivity contribution >= 4 is 23.2 Å². The van der Waals surface area contributed by atoms with Crippen LogP contribution in [0.1, 0.15) is 25.3 Å². The number of ether oxygens (including phenoxy) is 1. The van der Waals surface area contributed by atoms with Crippen LogP contribution >= 0.6 is 0 Å². The molecule has 1 fully saturated rings. The molecular weight excluding hydrogens is 328 g/mol. The highest BCUT2D eigenvalue weighted by Gasteiger charge is 2.29. The molecule has 2 amide bonds. The standard InChI is InChI=1S/C21H22N2O3/c1-15(21(25)23-13-11-16-6-2-3-9-19(16)23)26-18-8-4-7-17(14-18)22-12-5-10-20(22)24/h2-4,6-9,14-15H,5,10-13H2,1H3/t15-/m1/s1. The molecule has 5 heteroatoms. The highest BCUT2D eigenvalue weighted by Crippen LogP contribution is 2.29. The van der Waals surface area contributed by atoms with Crippen LogP contribution in [-0.4, -0.2) is 31.0 Å². The van der Waals surface area contributed by atoms with E-state index in [4.69, 9.17) is 4.74 Å². The molecule has 2 aromatic rings. The Hall–Kier alpha value is -2.82. The number of fused-ring (bicyclic) bond motifs is 1. The topological polar surface area (TPSA) is 49.9 Å². The number of amides is 2. The van der Waals surface area contributed by atoms with E-state index < -0.39 is 6.10 Å². The Morgan fingerprint density at radius 3 is 2.73 bits per heavy atom. The van der Waals surface area contributed by atoms with Gasteiger partial charge < -0.3 is 14.5 Å². The second-order valence-corrected chi connectivity index (χ2v) is 6.77. The van der Waals surface area contributed by atoms with E-state index in [1.165, 1.54) is 5.56 Å². The minimum atomic E-state index is -0.592. The maximum absolute atomic E-state index is 12.8. The fourth-order valence-corrected chi connectivity index (χ4v) is 3.69. The molecule has 0 saturated carbocycles. The summed E-state index contributed by atoms with van der Waals surface area (Å²) in [4.78, 5) is 28.3. The third-order valence-electron chi connectivity index (χ3n) is 5.02. The lowest BCUT2D eigenvalue weighted by Gasteiger charge is -2.23. The summed E-state index contributed by atoms with van der Waals surface area (Å²) in [6.45, 7) is 3.20. The van der Waals surface area contributed by atoms with Gasteiger partial charge in [-0.3, -0.25) is 9.59 Å². The van der Waals surface area contributed by atoms with Crippen molar-refractivity contribution in [2.75, 3.05) is 22.9 Å². The SMILES string of the molecule is C[C@@H](Oc1cccc(N2CCCC2=O)c1)C(=O)N1CCc2ccccc21. The van der Waals surface area contributed by atoms with Gasteiger partial charge in [0.05, 0.1) is 0 Å². The Balaban J connectivity index is 1.47. The molecule has 2 aliphatic rings. The molecule has 2 aliphatic heterocycles. The van der Waals surface area contributed by atoms with Crippen molar-refractivity contribution in [1.29, 1.82) is 0 Å². The second-order valence-electron chi connectivity index (χ2n) is 6.77. The van der Waals surface area contributed by atoms with Gasteiger partial charge in [0.2, 0.25) is 5.91 Å². The van der Waals surface area contributed by atoms with Gasteiger partial charge in [-0.1, -0.05) is 24.3 Å². The van der Waals surface area contributed by atoms with Crippen molar-refractivity contribution in [3.05, 3.63) is 54.1 Å². The van der Waals surface area contributed by atoms with E-state index >= 15 is 0 Å². The first-order valence-corrected chi connectivity index (χ1v) is 9.10. The molecule has 5 nitrogen and oxygen atoms in total. The average molecular weight is 350 g/mol. The summed E-state index contributed by atoms with van der Waals surface area (Å²) in [6, 6.07) is 15.4. The van der Waals surface area contributed by atoms with E-state index in [2.05, 4.69) is 6.07 Å².